The monoisotopic (exact) mass is 303 g/mol. The van der Waals surface area contributed by atoms with Gasteiger partial charge in [0.2, 0.25) is 5.91 Å². The van der Waals surface area contributed by atoms with E-state index in [-0.39, 0.29) is 25.0 Å². The van der Waals surface area contributed by atoms with Crippen LogP contribution >= 0.6 is 11.6 Å². The van der Waals surface area contributed by atoms with Gasteiger partial charge in [-0.2, -0.15) is 0 Å². The summed E-state index contributed by atoms with van der Waals surface area (Å²) in [7, 11) is 0. The molecule has 0 aliphatic rings. The smallest absolute Gasteiger partial charge is 0.224 e. The van der Waals surface area contributed by atoms with E-state index in [1.54, 1.807) is 12.1 Å². The van der Waals surface area contributed by atoms with E-state index in [1.165, 1.54) is 0 Å². The molecule has 110 valence electrons. The molecule has 4 heteroatoms. The minimum absolute atomic E-state index is 0.0248. The minimum Gasteiger partial charge on any atom is -0.396 e. The van der Waals surface area contributed by atoms with Crippen molar-refractivity contribution in [2.45, 2.75) is 18.9 Å². The van der Waals surface area contributed by atoms with E-state index >= 15 is 0 Å². The molecule has 1 unspecified atom stereocenters. The Bertz CT molecular complexity index is 586. The Morgan fingerprint density at radius 1 is 1.14 bits per heavy atom. The van der Waals surface area contributed by atoms with Crippen molar-refractivity contribution in [1.82, 2.24) is 5.32 Å². The molecule has 2 aromatic rings. The van der Waals surface area contributed by atoms with Crippen molar-refractivity contribution < 1.29 is 9.90 Å². The maximum Gasteiger partial charge on any atom is 0.224 e. The zero-order valence-corrected chi connectivity index (χ0v) is 12.4. The molecule has 0 saturated carbocycles. The fourth-order valence-electron chi connectivity index (χ4n) is 2.21. The molecule has 3 nitrogen and oxygen atoms in total. The van der Waals surface area contributed by atoms with Crippen LogP contribution < -0.4 is 5.32 Å². The Kier molecular flexibility index (Phi) is 5.78. The van der Waals surface area contributed by atoms with Gasteiger partial charge in [-0.25, -0.2) is 0 Å². The van der Waals surface area contributed by atoms with Crippen molar-refractivity contribution in [3.8, 4) is 0 Å². The van der Waals surface area contributed by atoms with Crippen molar-refractivity contribution in [3.05, 3.63) is 70.7 Å². The van der Waals surface area contributed by atoms with Crippen LogP contribution in [0.1, 0.15) is 23.6 Å². The molecule has 0 heterocycles. The van der Waals surface area contributed by atoms with Crippen LogP contribution in [0.3, 0.4) is 0 Å². The van der Waals surface area contributed by atoms with Gasteiger partial charge in [-0.3, -0.25) is 4.79 Å². The molecule has 1 amide bonds. The highest BCUT2D eigenvalue weighted by Gasteiger charge is 2.14. The molecular formula is C17H18ClNO2. The number of halogens is 1. The average molecular weight is 304 g/mol. The van der Waals surface area contributed by atoms with E-state index < -0.39 is 0 Å². The van der Waals surface area contributed by atoms with Crippen molar-refractivity contribution in [2.75, 3.05) is 6.61 Å². The maximum atomic E-state index is 12.1. The molecular weight excluding hydrogens is 286 g/mol. The van der Waals surface area contributed by atoms with Gasteiger partial charge in [-0.1, -0.05) is 54.1 Å². The Hall–Kier alpha value is -1.84. The normalized spacial score (nSPS) is 11.9. The largest absolute Gasteiger partial charge is 0.396 e. The first-order valence-corrected chi connectivity index (χ1v) is 7.26. The second-order valence-electron chi connectivity index (χ2n) is 4.85. The number of carbonyl (C=O) groups excluding carboxylic acids is 1. The van der Waals surface area contributed by atoms with Gasteiger partial charge in [-0.05, 0) is 29.7 Å². The average Bonchev–Trinajstić information content (AvgIpc) is 2.47. The highest BCUT2D eigenvalue weighted by molar-refractivity contribution is 6.30. The van der Waals surface area contributed by atoms with Gasteiger partial charge in [0, 0.05) is 11.6 Å². The molecule has 0 saturated heterocycles. The second-order valence-corrected chi connectivity index (χ2v) is 5.29. The fraction of sp³-hybridized carbons (Fsp3) is 0.235. The van der Waals surface area contributed by atoms with Gasteiger partial charge >= 0.3 is 0 Å². The first kappa shape index (κ1) is 15.5. The van der Waals surface area contributed by atoms with Crippen molar-refractivity contribution in [3.63, 3.8) is 0 Å². The summed E-state index contributed by atoms with van der Waals surface area (Å²) in [6, 6.07) is 16.7. The van der Waals surface area contributed by atoms with Crippen molar-refractivity contribution in [2.24, 2.45) is 0 Å². The lowest BCUT2D eigenvalue weighted by molar-refractivity contribution is -0.121. The molecule has 1 atom stereocenters. The summed E-state index contributed by atoms with van der Waals surface area (Å²) in [6.45, 7) is 0.0248. The summed E-state index contributed by atoms with van der Waals surface area (Å²) in [5.74, 6) is -0.0837. The minimum atomic E-state index is -0.178. The third kappa shape index (κ3) is 4.88. The van der Waals surface area contributed by atoms with Crippen LogP contribution in [0.2, 0.25) is 5.02 Å². The molecule has 2 rings (SSSR count). The van der Waals surface area contributed by atoms with Gasteiger partial charge in [0.05, 0.1) is 12.5 Å². The van der Waals surface area contributed by atoms with Gasteiger partial charge in [0.15, 0.2) is 0 Å². The zero-order chi connectivity index (χ0) is 15.1. The van der Waals surface area contributed by atoms with Crippen LogP contribution in [0.5, 0.6) is 0 Å². The SMILES string of the molecule is O=C(Cc1cccc(Cl)c1)NC(CCO)c1ccccc1. The molecule has 0 fully saturated rings. The molecule has 0 aromatic heterocycles. The van der Waals surface area contributed by atoms with E-state index in [4.69, 9.17) is 16.7 Å². The maximum absolute atomic E-state index is 12.1. The van der Waals surface area contributed by atoms with E-state index in [2.05, 4.69) is 5.32 Å². The molecule has 0 radical (unpaired) electrons. The lowest BCUT2D eigenvalue weighted by atomic mass is 10.0. The third-order valence-electron chi connectivity index (χ3n) is 3.21. The van der Waals surface area contributed by atoms with Gasteiger partial charge in [-0.15, -0.1) is 0 Å². The lowest BCUT2D eigenvalue weighted by Gasteiger charge is -2.18. The topological polar surface area (TPSA) is 49.3 Å². The van der Waals surface area contributed by atoms with Crippen molar-refractivity contribution in [1.29, 1.82) is 0 Å². The predicted octanol–water partition coefficient (Wildman–Crippen LogP) is 3.12. The molecule has 2 N–H and O–H groups in total. The van der Waals surface area contributed by atoms with Gasteiger partial charge in [0.25, 0.3) is 0 Å². The molecule has 21 heavy (non-hydrogen) atoms. The Morgan fingerprint density at radius 3 is 2.57 bits per heavy atom. The number of carbonyl (C=O) groups is 1. The number of amides is 1. The molecule has 0 spiro atoms. The molecule has 0 bridgehead atoms. The quantitative estimate of drug-likeness (QED) is 0.861. The Morgan fingerprint density at radius 2 is 1.90 bits per heavy atom. The third-order valence-corrected chi connectivity index (χ3v) is 3.44. The molecule has 2 aromatic carbocycles. The summed E-state index contributed by atoms with van der Waals surface area (Å²) in [6.07, 6.45) is 0.765. The van der Waals surface area contributed by atoms with Crippen LogP contribution in [-0.4, -0.2) is 17.6 Å². The van der Waals surface area contributed by atoms with Crippen LogP contribution in [0, 0.1) is 0 Å². The number of hydrogen-bond acceptors (Lipinski definition) is 2. The molecule has 0 aliphatic carbocycles. The molecule has 0 aliphatic heterocycles. The van der Waals surface area contributed by atoms with Crippen LogP contribution in [0.25, 0.3) is 0 Å². The number of hydrogen-bond donors (Lipinski definition) is 2. The number of rotatable bonds is 6. The number of benzene rings is 2. The van der Waals surface area contributed by atoms with Crippen LogP contribution in [0.15, 0.2) is 54.6 Å². The van der Waals surface area contributed by atoms with E-state index in [0.717, 1.165) is 11.1 Å². The summed E-state index contributed by atoms with van der Waals surface area (Å²) in [5.41, 5.74) is 1.86. The van der Waals surface area contributed by atoms with Crippen LogP contribution in [0.4, 0.5) is 0 Å². The van der Waals surface area contributed by atoms with Crippen molar-refractivity contribution >= 4 is 17.5 Å². The zero-order valence-electron chi connectivity index (χ0n) is 11.6. The summed E-state index contributed by atoms with van der Waals surface area (Å²) in [4.78, 5) is 12.1. The van der Waals surface area contributed by atoms with E-state index in [0.29, 0.717) is 11.4 Å². The van der Waals surface area contributed by atoms with Gasteiger partial charge < -0.3 is 10.4 Å². The highest BCUT2D eigenvalue weighted by atomic mass is 35.5. The lowest BCUT2D eigenvalue weighted by Crippen LogP contribution is -2.30. The number of aliphatic hydroxyl groups is 1. The summed E-state index contributed by atoms with van der Waals surface area (Å²) in [5, 5.41) is 12.7. The Labute approximate surface area is 129 Å². The summed E-state index contributed by atoms with van der Waals surface area (Å²) >= 11 is 5.91. The fourth-order valence-corrected chi connectivity index (χ4v) is 2.43. The summed E-state index contributed by atoms with van der Waals surface area (Å²) < 4.78 is 0. The number of nitrogens with one attached hydrogen (secondary N) is 1. The standard InChI is InChI=1S/C17H18ClNO2/c18-15-8-4-5-13(11-15)12-17(21)19-16(9-10-20)14-6-2-1-3-7-14/h1-8,11,16,20H,9-10,12H2,(H,19,21). The van der Waals surface area contributed by atoms with E-state index in [1.807, 2.05) is 42.5 Å². The number of aliphatic hydroxyl groups excluding tert-OH is 1. The first-order chi connectivity index (χ1) is 10.2. The Balaban J connectivity index is 2.02. The second kappa shape index (κ2) is 7.81. The first-order valence-electron chi connectivity index (χ1n) is 6.88. The predicted molar refractivity (Wildman–Crippen MR) is 84.2 cm³/mol. The highest BCUT2D eigenvalue weighted by Crippen LogP contribution is 2.17. The van der Waals surface area contributed by atoms with Gasteiger partial charge in [0.1, 0.15) is 0 Å². The van der Waals surface area contributed by atoms with E-state index in [9.17, 15) is 4.79 Å². The van der Waals surface area contributed by atoms with Crippen LogP contribution in [-0.2, 0) is 11.2 Å².